The molecule has 9 nitrogen and oxygen atoms in total. The lowest BCUT2D eigenvalue weighted by Gasteiger charge is -2.45. The molecule has 1 aliphatic heterocycles. The minimum Gasteiger partial charge on any atom is -0.444 e. The zero-order valence-corrected chi connectivity index (χ0v) is 24.0. The Balaban J connectivity index is 1.23. The molecule has 1 saturated heterocycles. The number of aromatic amines is 1. The molecule has 4 heterocycles. The van der Waals surface area contributed by atoms with E-state index in [0.29, 0.717) is 13.1 Å². The normalized spacial score (nSPS) is 17.8. The fraction of sp³-hybridized carbons (Fsp3) is 0.312. The summed E-state index contributed by atoms with van der Waals surface area (Å²) in [7, 11) is 0. The molecule has 1 fully saturated rings. The molecular formula is C32H34N6O3. The van der Waals surface area contributed by atoms with Crippen LogP contribution in [0.1, 0.15) is 34.6 Å². The molecular weight excluding hydrogens is 516 g/mol. The van der Waals surface area contributed by atoms with Gasteiger partial charge in [-0.25, -0.2) is 14.3 Å². The molecule has 2 unspecified atom stereocenters. The second kappa shape index (κ2) is 10.1. The quantitative estimate of drug-likeness (QED) is 0.308. The Kier molecular flexibility index (Phi) is 6.52. The molecule has 1 N–H and O–H groups in total. The highest BCUT2D eigenvalue weighted by molar-refractivity contribution is 5.97. The number of benzene rings is 2. The molecule has 6 rings (SSSR count). The van der Waals surface area contributed by atoms with Crippen LogP contribution in [0.15, 0.2) is 78.0 Å². The van der Waals surface area contributed by atoms with Gasteiger partial charge in [-0.15, -0.1) is 0 Å². The first-order valence-electron chi connectivity index (χ1n) is 13.9. The highest BCUT2D eigenvalue weighted by atomic mass is 16.6. The maximum atomic E-state index is 12.7. The van der Waals surface area contributed by atoms with Crippen LogP contribution >= 0.6 is 0 Å². The van der Waals surface area contributed by atoms with Gasteiger partial charge in [-0.1, -0.05) is 24.3 Å². The number of fused-ring (bicyclic) bond motifs is 2. The second-order valence-electron chi connectivity index (χ2n) is 11.8. The van der Waals surface area contributed by atoms with Crippen molar-refractivity contribution in [3.05, 3.63) is 83.5 Å². The summed E-state index contributed by atoms with van der Waals surface area (Å²) in [6.07, 6.45) is 5.41. The van der Waals surface area contributed by atoms with E-state index in [4.69, 9.17) is 9.72 Å². The van der Waals surface area contributed by atoms with E-state index in [2.05, 4.69) is 53.1 Å². The Hall–Kier alpha value is -4.66. The van der Waals surface area contributed by atoms with Crippen molar-refractivity contribution in [3.63, 3.8) is 0 Å². The van der Waals surface area contributed by atoms with E-state index in [9.17, 15) is 9.59 Å². The molecule has 2 aromatic carbocycles. The topological polar surface area (TPSA) is 95.8 Å². The summed E-state index contributed by atoms with van der Waals surface area (Å²) >= 11 is 0. The molecule has 3 aromatic heterocycles. The highest BCUT2D eigenvalue weighted by Crippen LogP contribution is 2.32. The molecule has 0 aliphatic carbocycles. The van der Waals surface area contributed by atoms with Crippen molar-refractivity contribution < 1.29 is 9.53 Å². The van der Waals surface area contributed by atoms with Crippen molar-refractivity contribution in [1.29, 1.82) is 0 Å². The van der Waals surface area contributed by atoms with Crippen molar-refractivity contribution in [2.45, 2.75) is 52.3 Å². The zero-order chi connectivity index (χ0) is 28.9. The Morgan fingerprint density at radius 2 is 1.66 bits per heavy atom. The number of nitrogens with zero attached hydrogens (tertiary/aromatic N) is 5. The van der Waals surface area contributed by atoms with Crippen LogP contribution < -0.4 is 10.5 Å². The van der Waals surface area contributed by atoms with Crippen molar-refractivity contribution in [2.75, 3.05) is 18.0 Å². The SMILES string of the molecule is CC1CN(C(=O)OC(C)(C)C)CC(C)N1c1ccc(-c2cnc3c(-c4cccc5[nH]c(=O)ccc45)cnn3c2)cc1. The van der Waals surface area contributed by atoms with E-state index in [1.54, 1.807) is 4.52 Å². The maximum absolute atomic E-state index is 12.7. The van der Waals surface area contributed by atoms with Gasteiger partial charge in [0, 0.05) is 71.4 Å². The fourth-order valence-electron chi connectivity index (χ4n) is 5.77. The molecule has 1 amide bonds. The number of carbonyl (C=O) groups excluding carboxylic acids is 1. The first-order chi connectivity index (χ1) is 19.6. The number of nitrogens with one attached hydrogen (secondary N) is 1. The lowest BCUT2D eigenvalue weighted by molar-refractivity contribution is 0.0193. The largest absolute Gasteiger partial charge is 0.444 e. The molecule has 9 heteroatoms. The Morgan fingerprint density at radius 3 is 2.37 bits per heavy atom. The standard InChI is InChI=1S/C32H34N6O3/c1-20-17-36(31(40)41-32(3,4)5)18-21(2)38(20)24-11-9-22(10-12-24)23-15-33-30-27(16-34-37(30)19-23)25-7-6-8-28-26(25)13-14-29(39)35-28/h6-16,19-21H,17-18H2,1-5H3,(H,35,39). The number of carbonyl (C=O) groups is 1. The average Bonchev–Trinajstić information content (AvgIpc) is 3.35. The number of piperazine rings is 1. The van der Waals surface area contributed by atoms with Crippen LogP contribution in [-0.4, -0.2) is 61.3 Å². The zero-order valence-electron chi connectivity index (χ0n) is 24.0. The minimum absolute atomic E-state index is 0.129. The number of pyridine rings is 1. The van der Waals surface area contributed by atoms with Gasteiger partial charge in [0.05, 0.1) is 6.20 Å². The number of hydrogen-bond donors (Lipinski definition) is 1. The summed E-state index contributed by atoms with van der Waals surface area (Å²) in [6, 6.07) is 17.9. The second-order valence-corrected chi connectivity index (χ2v) is 11.8. The van der Waals surface area contributed by atoms with Gasteiger partial charge in [-0.05, 0) is 70.0 Å². The van der Waals surface area contributed by atoms with Gasteiger partial charge >= 0.3 is 6.09 Å². The lowest BCUT2D eigenvalue weighted by Crippen LogP contribution is -2.58. The van der Waals surface area contributed by atoms with Gasteiger partial charge in [0.25, 0.3) is 0 Å². The Morgan fingerprint density at radius 1 is 0.927 bits per heavy atom. The van der Waals surface area contributed by atoms with E-state index in [-0.39, 0.29) is 23.7 Å². The molecule has 0 saturated carbocycles. The molecule has 2 atom stereocenters. The van der Waals surface area contributed by atoms with Crippen molar-refractivity contribution in [3.8, 4) is 22.3 Å². The number of aromatic nitrogens is 4. The first-order valence-corrected chi connectivity index (χ1v) is 13.9. The van der Waals surface area contributed by atoms with Gasteiger partial charge < -0.3 is 19.5 Å². The van der Waals surface area contributed by atoms with E-state index in [1.807, 2.05) is 68.5 Å². The third kappa shape index (κ3) is 5.15. The van der Waals surface area contributed by atoms with Crippen molar-refractivity contribution in [2.24, 2.45) is 0 Å². The van der Waals surface area contributed by atoms with Gasteiger partial charge in [0.2, 0.25) is 5.56 Å². The smallest absolute Gasteiger partial charge is 0.410 e. The third-order valence-electron chi connectivity index (χ3n) is 7.48. The molecule has 1 aliphatic rings. The molecule has 0 bridgehead atoms. The van der Waals surface area contributed by atoms with Crippen LogP contribution in [0.2, 0.25) is 0 Å². The Bertz CT molecular complexity index is 1790. The third-order valence-corrected chi connectivity index (χ3v) is 7.48. The fourth-order valence-corrected chi connectivity index (χ4v) is 5.77. The Labute approximate surface area is 238 Å². The molecule has 210 valence electrons. The number of amides is 1. The maximum Gasteiger partial charge on any atom is 0.410 e. The molecule has 5 aromatic rings. The average molecular weight is 551 g/mol. The van der Waals surface area contributed by atoms with E-state index >= 15 is 0 Å². The van der Waals surface area contributed by atoms with E-state index in [1.165, 1.54) is 6.07 Å². The first kappa shape index (κ1) is 26.6. The van der Waals surface area contributed by atoms with Crippen LogP contribution in [0, 0.1) is 0 Å². The van der Waals surface area contributed by atoms with Gasteiger partial charge in [-0.3, -0.25) is 4.79 Å². The molecule has 41 heavy (non-hydrogen) atoms. The van der Waals surface area contributed by atoms with Crippen molar-refractivity contribution >= 4 is 28.3 Å². The van der Waals surface area contributed by atoms with Crippen LogP contribution in [0.3, 0.4) is 0 Å². The predicted octanol–water partition coefficient (Wildman–Crippen LogP) is 5.74. The van der Waals surface area contributed by atoms with Gasteiger partial charge in [-0.2, -0.15) is 5.10 Å². The summed E-state index contributed by atoms with van der Waals surface area (Å²) in [5.74, 6) is 0. The van der Waals surface area contributed by atoms with Crippen molar-refractivity contribution in [1.82, 2.24) is 24.5 Å². The van der Waals surface area contributed by atoms with Crippen LogP contribution in [0.25, 0.3) is 38.8 Å². The summed E-state index contributed by atoms with van der Waals surface area (Å²) < 4.78 is 7.40. The molecule has 0 radical (unpaired) electrons. The summed E-state index contributed by atoms with van der Waals surface area (Å²) in [6.45, 7) is 11.2. The number of H-pyrrole nitrogens is 1. The van der Waals surface area contributed by atoms with E-state index < -0.39 is 5.60 Å². The summed E-state index contributed by atoms with van der Waals surface area (Å²) in [5.41, 5.74) is 5.86. The number of hydrogen-bond acceptors (Lipinski definition) is 6. The minimum atomic E-state index is -0.510. The van der Waals surface area contributed by atoms with Gasteiger partial charge in [0.1, 0.15) is 5.60 Å². The number of anilines is 1. The number of ether oxygens (including phenoxy) is 1. The van der Waals surface area contributed by atoms with Crippen LogP contribution in [0.4, 0.5) is 10.5 Å². The van der Waals surface area contributed by atoms with Gasteiger partial charge in [0.15, 0.2) is 5.65 Å². The monoisotopic (exact) mass is 550 g/mol. The molecule has 0 spiro atoms. The van der Waals surface area contributed by atoms with Crippen LogP contribution in [-0.2, 0) is 4.74 Å². The lowest BCUT2D eigenvalue weighted by atomic mass is 10.0. The number of rotatable bonds is 3. The van der Waals surface area contributed by atoms with Crippen LogP contribution in [0.5, 0.6) is 0 Å². The predicted molar refractivity (Wildman–Crippen MR) is 161 cm³/mol. The highest BCUT2D eigenvalue weighted by Gasteiger charge is 2.34. The van der Waals surface area contributed by atoms with E-state index in [0.717, 1.165) is 44.5 Å². The summed E-state index contributed by atoms with van der Waals surface area (Å²) in [4.78, 5) is 36.3. The summed E-state index contributed by atoms with van der Waals surface area (Å²) in [5, 5.41) is 5.53.